The quantitative estimate of drug-likeness (QED) is 0.847. The van der Waals surface area contributed by atoms with Crippen molar-refractivity contribution < 1.29 is 18.7 Å². The van der Waals surface area contributed by atoms with Crippen molar-refractivity contribution in [2.75, 3.05) is 0 Å². The van der Waals surface area contributed by atoms with Crippen LogP contribution in [0.2, 0.25) is 0 Å². The molecule has 18 heavy (non-hydrogen) atoms. The predicted octanol–water partition coefficient (Wildman–Crippen LogP) is 2.40. The number of benzene rings is 2. The van der Waals surface area contributed by atoms with Crippen LogP contribution in [0.1, 0.15) is 11.1 Å². The fraction of sp³-hybridized carbons (Fsp3) is 0.0714. The van der Waals surface area contributed by atoms with Crippen LogP contribution in [0.15, 0.2) is 48.5 Å². The van der Waals surface area contributed by atoms with E-state index in [9.17, 15) is 18.7 Å². The molecule has 0 aromatic heterocycles. The number of hydrogen-bond acceptors (Lipinski definition) is 2. The molecule has 2 aromatic carbocycles. The Morgan fingerprint density at radius 2 is 1.50 bits per heavy atom. The summed E-state index contributed by atoms with van der Waals surface area (Å²) in [5.74, 6) is -1.93. The van der Waals surface area contributed by atoms with Gasteiger partial charge in [-0.15, -0.1) is 0 Å². The van der Waals surface area contributed by atoms with E-state index in [2.05, 4.69) is 0 Å². The molecule has 1 unspecified atom stereocenters. The molecule has 1 N–H and O–H groups in total. The van der Waals surface area contributed by atoms with E-state index >= 15 is 0 Å². The molecule has 0 spiro atoms. The Kier molecular flexibility index (Phi) is 3.21. The van der Waals surface area contributed by atoms with Gasteiger partial charge in [-0.3, -0.25) is 4.79 Å². The lowest BCUT2D eigenvalue weighted by atomic mass is 9.87. The van der Waals surface area contributed by atoms with E-state index in [4.69, 9.17) is 0 Å². The van der Waals surface area contributed by atoms with E-state index in [1.165, 1.54) is 18.2 Å². The molecule has 0 radical (unpaired) electrons. The Hall–Kier alpha value is -2.07. The van der Waals surface area contributed by atoms with Crippen LogP contribution in [0.25, 0.3) is 0 Å². The molecule has 2 nitrogen and oxygen atoms in total. The molecule has 4 heteroatoms. The fourth-order valence-corrected chi connectivity index (χ4v) is 1.83. The van der Waals surface area contributed by atoms with Crippen molar-refractivity contribution >= 4 is 6.29 Å². The van der Waals surface area contributed by atoms with Crippen LogP contribution in [0, 0.1) is 11.6 Å². The summed E-state index contributed by atoms with van der Waals surface area (Å²) < 4.78 is 27.3. The summed E-state index contributed by atoms with van der Waals surface area (Å²) in [5.41, 5.74) is -2.87. The van der Waals surface area contributed by atoms with E-state index in [-0.39, 0.29) is 11.8 Å². The smallest absolute Gasteiger partial charge is 0.176 e. The van der Waals surface area contributed by atoms with E-state index in [1.807, 2.05) is 0 Å². The molecule has 0 amide bonds. The molecule has 0 saturated heterocycles. The summed E-state index contributed by atoms with van der Waals surface area (Å²) in [7, 11) is 0. The Labute approximate surface area is 103 Å². The SMILES string of the molecule is O=CC(O)(c1ccccc1)c1c(F)cccc1F. The Morgan fingerprint density at radius 3 is 2.00 bits per heavy atom. The third-order valence-electron chi connectivity index (χ3n) is 2.73. The zero-order valence-corrected chi connectivity index (χ0v) is 9.31. The van der Waals surface area contributed by atoms with Crippen molar-refractivity contribution in [1.82, 2.24) is 0 Å². The lowest BCUT2D eigenvalue weighted by molar-refractivity contribution is -0.121. The zero-order chi connectivity index (χ0) is 13.2. The summed E-state index contributed by atoms with van der Waals surface area (Å²) in [6, 6.07) is 10.8. The summed E-state index contributed by atoms with van der Waals surface area (Å²) in [5, 5.41) is 10.3. The van der Waals surface area contributed by atoms with Crippen LogP contribution < -0.4 is 0 Å². The molecule has 2 aromatic rings. The molecular weight excluding hydrogens is 238 g/mol. The van der Waals surface area contributed by atoms with Crippen LogP contribution in [0.4, 0.5) is 8.78 Å². The van der Waals surface area contributed by atoms with Gasteiger partial charge in [0.2, 0.25) is 0 Å². The van der Waals surface area contributed by atoms with Gasteiger partial charge < -0.3 is 5.11 Å². The number of hydrogen-bond donors (Lipinski definition) is 1. The van der Waals surface area contributed by atoms with E-state index < -0.39 is 22.8 Å². The molecule has 0 fully saturated rings. The van der Waals surface area contributed by atoms with Gasteiger partial charge in [0.25, 0.3) is 0 Å². The fourth-order valence-electron chi connectivity index (χ4n) is 1.83. The second kappa shape index (κ2) is 4.66. The van der Waals surface area contributed by atoms with Crippen LogP contribution in [-0.4, -0.2) is 11.4 Å². The third kappa shape index (κ3) is 1.91. The summed E-state index contributed by atoms with van der Waals surface area (Å²) in [6.45, 7) is 0. The summed E-state index contributed by atoms with van der Waals surface area (Å²) >= 11 is 0. The molecule has 0 saturated carbocycles. The van der Waals surface area contributed by atoms with Crippen molar-refractivity contribution in [1.29, 1.82) is 0 Å². The highest BCUT2D eigenvalue weighted by Gasteiger charge is 2.36. The van der Waals surface area contributed by atoms with Gasteiger partial charge in [0, 0.05) is 0 Å². The number of rotatable bonds is 3. The van der Waals surface area contributed by atoms with Gasteiger partial charge in [-0.25, -0.2) is 8.78 Å². The standard InChI is InChI=1S/C14H10F2O2/c15-11-7-4-8-12(16)13(11)14(18,9-17)10-5-2-1-3-6-10/h1-9,18H. The van der Waals surface area contributed by atoms with E-state index in [0.717, 1.165) is 12.1 Å². The predicted molar refractivity (Wildman–Crippen MR) is 61.9 cm³/mol. The monoisotopic (exact) mass is 248 g/mol. The van der Waals surface area contributed by atoms with Gasteiger partial charge in [-0.05, 0) is 17.7 Å². The Bertz CT molecular complexity index is 549. The van der Waals surface area contributed by atoms with Gasteiger partial charge in [0.15, 0.2) is 11.9 Å². The highest BCUT2D eigenvalue weighted by molar-refractivity contribution is 5.72. The van der Waals surface area contributed by atoms with Gasteiger partial charge in [0.1, 0.15) is 11.6 Å². The minimum absolute atomic E-state index is 0.115. The topological polar surface area (TPSA) is 37.3 Å². The number of carbonyl (C=O) groups is 1. The number of carbonyl (C=O) groups excluding carboxylic acids is 1. The normalized spacial score (nSPS) is 13.9. The summed E-state index contributed by atoms with van der Waals surface area (Å²) in [6.07, 6.45) is 0.129. The van der Waals surface area contributed by atoms with Crippen LogP contribution in [0.3, 0.4) is 0 Å². The average Bonchev–Trinajstić information content (AvgIpc) is 2.39. The minimum Gasteiger partial charge on any atom is -0.373 e. The van der Waals surface area contributed by atoms with Gasteiger partial charge in [-0.1, -0.05) is 36.4 Å². The number of aliphatic hydroxyl groups is 1. The molecule has 1 atom stereocenters. The lowest BCUT2D eigenvalue weighted by Gasteiger charge is -2.23. The Morgan fingerprint density at radius 1 is 0.944 bits per heavy atom. The Balaban J connectivity index is 2.68. The van der Waals surface area contributed by atoms with E-state index in [1.54, 1.807) is 18.2 Å². The molecule has 0 aliphatic rings. The van der Waals surface area contributed by atoms with Gasteiger partial charge in [0.05, 0.1) is 5.56 Å². The average molecular weight is 248 g/mol. The highest BCUT2D eigenvalue weighted by atomic mass is 19.1. The van der Waals surface area contributed by atoms with Crippen molar-refractivity contribution in [3.8, 4) is 0 Å². The van der Waals surface area contributed by atoms with Crippen LogP contribution in [0.5, 0.6) is 0 Å². The first-order chi connectivity index (χ1) is 8.59. The molecule has 0 aliphatic heterocycles. The largest absolute Gasteiger partial charge is 0.373 e. The third-order valence-corrected chi connectivity index (χ3v) is 2.73. The first-order valence-electron chi connectivity index (χ1n) is 5.28. The molecule has 0 bridgehead atoms. The lowest BCUT2D eigenvalue weighted by Crippen LogP contribution is -2.31. The maximum atomic E-state index is 13.7. The second-order valence-electron chi connectivity index (χ2n) is 3.85. The van der Waals surface area contributed by atoms with Crippen LogP contribution in [-0.2, 0) is 10.4 Å². The highest BCUT2D eigenvalue weighted by Crippen LogP contribution is 2.31. The van der Waals surface area contributed by atoms with Gasteiger partial charge in [-0.2, -0.15) is 0 Å². The van der Waals surface area contributed by atoms with Crippen molar-refractivity contribution in [3.63, 3.8) is 0 Å². The summed E-state index contributed by atoms with van der Waals surface area (Å²) in [4.78, 5) is 11.1. The first-order valence-corrected chi connectivity index (χ1v) is 5.28. The van der Waals surface area contributed by atoms with Crippen LogP contribution >= 0.6 is 0 Å². The van der Waals surface area contributed by atoms with Crippen molar-refractivity contribution in [2.45, 2.75) is 5.60 Å². The van der Waals surface area contributed by atoms with E-state index in [0.29, 0.717) is 0 Å². The molecular formula is C14H10F2O2. The minimum atomic E-state index is -2.32. The number of halogens is 2. The maximum absolute atomic E-state index is 13.7. The van der Waals surface area contributed by atoms with Crippen molar-refractivity contribution in [3.05, 3.63) is 71.3 Å². The van der Waals surface area contributed by atoms with Gasteiger partial charge >= 0.3 is 0 Å². The maximum Gasteiger partial charge on any atom is 0.176 e. The number of aldehydes is 1. The molecule has 0 aliphatic carbocycles. The molecule has 92 valence electrons. The second-order valence-corrected chi connectivity index (χ2v) is 3.85. The molecule has 2 rings (SSSR count). The first kappa shape index (κ1) is 12.4. The molecule has 0 heterocycles. The zero-order valence-electron chi connectivity index (χ0n) is 9.31. The van der Waals surface area contributed by atoms with Crippen molar-refractivity contribution in [2.24, 2.45) is 0 Å².